The lowest BCUT2D eigenvalue weighted by Crippen LogP contribution is -2.28. The average Bonchev–Trinajstić information content (AvgIpc) is 2.39. The largest absolute Gasteiger partial charge is 0.461 e. The quantitative estimate of drug-likeness (QED) is 0.453. The van der Waals surface area contributed by atoms with E-state index in [1.807, 2.05) is 0 Å². The maximum absolute atomic E-state index is 11.3. The van der Waals surface area contributed by atoms with Crippen LogP contribution in [0.5, 0.6) is 0 Å². The minimum atomic E-state index is -0.453. The smallest absolute Gasteiger partial charge is 0.317 e. The van der Waals surface area contributed by atoms with E-state index < -0.39 is 5.92 Å². The molecule has 1 aliphatic carbocycles. The van der Waals surface area contributed by atoms with Gasteiger partial charge in [0.25, 0.3) is 0 Å². The van der Waals surface area contributed by atoms with Crippen LogP contribution in [0, 0.1) is 11.8 Å². The van der Waals surface area contributed by atoms with Gasteiger partial charge in [-0.1, -0.05) is 6.42 Å². The van der Waals surface area contributed by atoms with E-state index in [-0.39, 0.29) is 23.8 Å². The number of Topliss-reactive ketones (excluding diaryl/α,β-unsaturated/α-hetero) is 1. The fourth-order valence-electron chi connectivity index (χ4n) is 2.52. The van der Waals surface area contributed by atoms with Gasteiger partial charge >= 0.3 is 5.97 Å². The van der Waals surface area contributed by atoms with Gasteiger partial charge in [0.2, 0.25) is 0 Å². The number of carbonyl (C=O) groups excluding carboxylic acids is 2. The van der Waals surface area contributed by atoms with Gasteiger partial charge in [-0.2, -0.15) is 0 Å². The van der Waals surface area contributed by atoms with Gasteiger partial charge in [0.1, 0.15) is 17.8 Å². The predicted molar refractivity (Wildman–Crippen MR) is 46.0 cm³/mol. The normalized spacial score (nSPS) is 38.2. The first-order valence-corrected chi connectivity index (χ1v) is 4.91. The number of rotatable bonds is 1. The molecule has 0 N–H and O–H groups in total. The molecule has 3 atom stereocenters. The van der Waals surface area contributed by atoms with Gasteiger partial charge < -0.3 is 4.74 Å². The van der Waals surface area contributed by atoms with Gasteiger partial charge in [0.15, 0.2) is 0 Å². The van der Waals surface area contributed by atoms with E-state index in [1.54, 1.807) is 0 Å². The molecule has 0 spiro atoms. The first kappa shape index (κ1) is 8.73. The Morgan fingerprint density at radius 1 is 1.38 bits per heavy atom. The zero-order valence-corrected chi connectivity index (χ0v) is 7.79. The summed E-state index contributed by atoms with van der Waals surface area (Å²) < 4.78 is 5.18. The molecule has 1 aliphatic heterocycles. The third kappa shape index (κ3) is 1.36. The zero-order chi connectivity index (χ0) is 9.42. The number of hydrogen-bond donors (Lipinski definition) is 0. The maximum Gasteiger partial charge on any atom is 0.317 e. The van der Waals surface area contributed by atoms with Crippen LogP contribution in [0.2, 0.25) is 0 Å². The van der Waals surface area contributed by atoms with Crippen LogP contribution in [0.1, 0.15) is 32.6 Å². The summed E-state index contributed by atoms with van der Waals surface area (Å²) in [5.74, 6) is -0.590. The van der Waals surface area contributed by atoms with Gasteiger partial charge in [-0.15, -0.1) is 0 Å². The van der Waals surface area contributed by atoms with Gasteiger partial charge in [-0.05, 0) is 26.2 Å². The van der Waals surface area contributed by atoms with E-state index >= 15 is 0 Å². The third-order valence-electron chi connectivity index (χ3n) is 3.14. The van der Waals surface area contributed by atoms with Crippen molar-refractivity contribution >= 4 is 11.8 Å². The van der Waals surface area contributed by atoms with Crippen LogP contribution in [-0.2, 0) is 14.3 Å². The van der Waals surface area contributed by atoms with Crippen molar-refractivity contribution in [2.75, 3.05) is 0 Å². The van der Waals surface area contributed by atoms with Crippen LogP contribution >= 0.6 is 0 Å². The summed E-state index contributed by atoms with van der Waals surface area (Å²) in [5, 5.41) is 0. The Labute approximate surface area is 77.4 Å². The predicted octanol–water partition coefficient (Wildman–Crippen LogP) is 1.31. The lowest BCUT2D eigenvalue weighted by Gasteiger charge is -2.24. The summed E-state index contributed by atoms with van der Waals surface area (Å²) in [7, 11) is 0. The van der Waals surface area contributed by atoms with Crippen LogP contribution in [-0.4, -0.2) is 17.9 Å². The first-order chi connectivity index (χ1) is 6.20. The number of hydrogen-bond acceptors (Lipinski definition) is 3. The van der Waals surface area contributed by atoms with E-state index in [2.05, 4.69) is 0 Å². The molecule has 0 radical (unpaired) electrons. The molecule has 0 aromatic carbocycles. The Balaban J connectivity index is 2.18. The highest BCUT2D eigenvalue weighted by molar-refractivity contribution is 5.99. The monoisotopic (exact) mass is 182 g/mol. The molecule has 1 saturated carbocycles. The Hall–Kier alpha value is -0.860. The number of ketones is 1. The van der Waals surface area contributed by atoms with Crippen molar-refractivity contribution in [1.82, 2.24) is 0 Å². The second-order valence-electron chi connectivity index (χ2n) is 4.01. The Kier molecular flexibility index (Phi) is 2.10. The van der Waals surface area contributed by atoms with E-state index in [0.29, 0.717) is 0 Å². The highest BCUT2D eigenvalue weighted by Gasteiger charge is 2.47. The maximum atomic E-state index is 11.3. The van der Waals surface area contributed by atoms with Crippen molar-refractivity contribution in [3.05, 3.63) is 0 Å². The van der Waals surface area contributed by atoms with E-state index in [1.165, 1.54) is 6.92 Å². The Morgan fingerprint density at radius 2 is 2.08 bits per heavy atom. The second-order valence-corrected chi connectivity index (χ2v) is 4.01. The molecule has 0 aromatic rings. The molecule has 72 valence electrons. The summed E-state index contributed by atoms with van der Waals surface area (Å²) in [6, 6.07) is 0. The molecule has 1 heterocycles. The van der Waals surface area contributed by atoms with Gasteiger partial charge in [-0.25, -0.2) is 0 Å². The van der Waals surface area contributed by atoms with Crippen LogP contribution in [0.25, 0.3) is 0 Å². The molecule has 1 saturated heterocycles. The average molecular weight is 182 g/mol. The van der Waals surface area contributed by atoms with Crippen molar-refractivity contribution in [1.29, 1.82) is 0 Å². The van der Waals surface area contributed by atoms with Crippen molar-refractivity contribution < 1.29 is 14.3 Å². The van der Waals surface area contributed by atoms with Crippen molar-refractivity contribution in [2.24, 2.45) is 11.8 Å². The molecular formula is C10H14O3. The van der Waals surface area contributed by atoms with Gasteiger partial charge in [-0.3, -0.25) is 9.59 Å². The number of esters is 1. The summed E-state index contributed by atoms with van der Waals surface area (Å²) in [4.78, 5) is 22.5. The Morgan fingerprint density at radius 3 is 2.77 bits per heavy atom. The topological polar surface area (TPSA) is 43.4 Å². The van der Waals surface area contributed by atoms with Crippen LogP contribution < -0.4 is 0 Å². The number of carbonyl (C=O) groups is 2. The fourth-order valence-corrected chi connectivity index (χ4v) is 2.52. The first-order valence-electron chi connectivity index (χ1n) is 4.91. The minimum absolute atomic E-state index is 0.0283. The summed E-state index contributed by atoms with van der Waals surface area (Å²) in [6.45, 7) is 1.49. The third-order valence-corrected chi connectivity index (χ3v) is 3.14. The number of ether oxygens (including phenoxy) is 1. The molecule has 2 fully saturated rings. The molecule has 3 nitrogen and oxygen atoms in total. The zero-order valence-electron chi connectivity index (χ0n) is 7.79. The molecule has 3 heteroatoms. The molecular weight excluding hydrogens is 168 g/mol. The lowest BCUT2D eigenvalue weighted by molar-refractivity contribution is -0.146. The van der Waals surface area contributed by atoms with Gasteiger partial charge in [0, 0.05) is 5.92 Å². The standard InChI is InChI=1S/C10H14O3/c1-6(11)9-7-4-2-3-5-8(7)13-10(9)12/h7-9H,2-5H2,1H3/t7-,8-,9+/m0/s1. The molecule has 2 aliphatic rings. The minimum Gasteiger partial charge on any atom is -0.461 e. The molecule has 0 bridgehead atoms. The van der Waals surface area contributed by atoms with Crippen LogP contribution in [0.15, 0.2) is 0 Å². The van der Waals surface area contributed by atoms with Crippen molar-refractivity contribution in [3.63, 3.8) is 0 Å². The molecule has 0 aromatic heterocycles. The van der Waals surface area contributed by atoms with Crippen LogP contribution in [0.4, 0.5) is 0 Å². The summed E-state index contributed by atoms with van der Waals surface area (Å²) >= 11 is 0. The summed E-state index contributed by atoms with van der Waals surface area (Å²) in [6.07, 6.45) is 4.21. The fraction of sp³-hybridized carbons (Fsp3) is 0.800. The van der Waals surface area contributed by atoms with Gasteiger partial charge in [0.05, 0.1) is 0 Å². The molecule has 13 heavy (non-hydrogen) atoms. The van der Waals surface area contributed by atoms with Crippen molar-refractivity contribution in [2.45, 2.75) is 38.7 Å². The van der Waals surface area contributed by atoms with E-state index in [0.717, 1.165) is 25.7 Å². The summed E-state index contributed by atoms with van der Waals surface area (Å²) in [5.41, 5.74) is 0. The number of fused-ring (bicyclic) bond motifs is 1. The second kappa shape index (κ2) is 3.13. The molecule has 2 rings (SSSR count). The molecule has 0 unspecified atom stereocenters. The molecule has 0 amide bonds. The van der Waals surface area contributed by atoms with Crippen LogP contribution in [0.3, 0.4) is 0 Å². The highest BCUT2D eigenvalue weighted by atomic mass is 16.6. The van der Waals surface area contributed by atoms with E-state index in [4.69, 9.17) is 4.74 Å². The van der Waals surface area contributed by atoms with E-state index in [9.17, 15) is 9.59 Å². The van der Waals surface area contributed by atoms with Crippen molar-refractivity contribution in [3.8, 4) is 0 Å². The SMILES string of the molecule is CC(=O)[C@H]1C(=O)O[C@H]2CCCC[C@H]12. The lowest BCUT2D eigenvalue weighted by atomic mass is 9.79. The Bertz CT molecular complexity index is 247. The highest BCUT2D eigenvalue weighted by Crippen LogP contribution is 2.39.